The SMILES string of the molecule is CCc1ccc(CNCC(=O)NCC#N)s1. The lowest BCUT2D eigenvalue weighted by Crippen LogP contribution is -2.33. The number of rotatable bonds is 6. The number of nitrogens with one attached hydrogen (secondary N) is 2. The number of thiophene rings is 1. The summed E-state index contributed by atoms with van der Waals surface area (Å²) in [7, 11) is 0. The molecule has 1 heterocycles. The van der Waals surface area contributed by atoms with Crippen molar-refractivity contribution in [2.45, 2.75) is 19.9 Å². The molecule has 1 aromatic heterocycles. The number of nitrogens with zero attached hydrogens (tertiary/aromatic N) is 1. The molecule has 86 valence electrons. The topological polar surface area (TPSA) is 64.9 Å². The van der Waals surface area contributed by atoms with Crippen LogP contribution < -0.4 is 10.6 Å². The molecule has 0 unspecified atom stereocenters. The Labute approximate surface area is 99.3 Å². The van der Waals surface area contributed by atoms with E-state index in [0.717, 1.165) is 6.42 Å². The molecule has 1 rings (SSSR count). The minimum absolute atomic E-state index is 0.0689. The molecule has 0 saturated carbocycles. The van der Waals surface area contributed by atoms with Gasteiger partial charge in [0.05, 0.1) is 12.6 Å². The maximum Gasteiger partial charge on any atom is 0.234 e. The summed E-state index contributed by atoms with van der Waals surface area (Å²) in [6.45, 7) is 3.14. The zero-order valence-electron chi connectivity index (χ0n) is 9.25. The molecule has 0 aliphatic carbocycles. The molecule has 0 radical (unpaired) electrons. The van der Waals surface area contributed by atoms with Crippen molar-refractivity contribution in [2.75, 3.05) is 13.1 Å². The van der Waals surface area contributed by atoms with Crippen LogP contribution in [0.5, 0.6) is 0 Å². The van der Waals surface area contributed by atoms with Crippen molar-refractivity contribution in [2.24, 2.45) is 0 Å². The van der Waals surface area contributed by atoms with Crippen molar-refractivity contribution in [3.63, 3.8) is 0 Å². The molecule has 0 bridgehead atoms. The lowest BCUT2D eigenvalue weighted by Gasteiger charge is -2.02. The number of nitriles is 1. The lowest BCUT2D eigenvalue weighted by atomic mass is 10.3. The monoisotopic (exact) mass is 237 g/mol. The Morgan fingerprint density at radius 2 is 2.25 bits per heavy atom. The van der Waals surface area contributed by atoms with Crippen molar-refractivity contribution in [1.82, 2.24) is 10.6 Å². The van der Waals surface area contributed by atoms with Gasteiger partial charge in [0, 0.05) is 16.3 Å². The van der Waals surface area contributed by atoms with Gasteiger partial charge < -0.3 is 10.6 Å². The van der Waals surface area contributed by atoms with Crippen molar-refractivity contribution >= 4 is 17.2 Å². The average molecular weight is 237 g/mol. The highest BCUT2D eigenvalue weighted by Crippen LogP contribution is 2.16. The fraction of sp³-hybridized carbons (Fsp3) is 0.455. The van der Waals surface area contributed by atoms with E-state index >= 15 is 0 Å². The number of hydrogen-bond acceptors (Lipinski definition) is 4. The third-order valence-corrected chi connectivity index (χ3v) is 3.24. The molecule has 5 heteroatoms. The molecular weight excluding hydrogens is 222 g/mol. The standard InChI is InChI=1S/C11H15N3OS/c1-2-9-3-4-10(16-9)7-13-8-11(15)14-6-5-12/h3-4,13H,2,6-8H2,1H3,(H,14,15). The second kappa shape index (κ2) is 6.99. The Kier molecular flexibility index (Phi) is 5.54. The molecule has 0 saturated heterocycles. The summed E-state index contributed by atoms with van der Waals surface area (Å²) in [4.78, 5) is 13.7. The van der Waals surface area contributed by atoms with Gasteiger partial charge in [-0.1, -0.05) is 6.92 Å². The smallest absolute Gasteiger partial charge is 0.234 e. The molecule has 2 N–H and O–H groups in total. The fourth-order valence-corrected chi connectivity index (χ4v) is 2.13. The summed E-state index contributed by atoms with van der Waals surface area (Å²) >= 11 is 1.76. The Bertz CT molecular complexity index is 381. The Morgan fingerprint density at radius 3 is 2.88 bits per heavy atom. The van der Waals surface area contributed by atoms with E-state index in [1.54, 1.807) is 11.3 Å². The number of carbonyl (C=O) groups excluding carboxylic acids is 1. The fourth-order valence-electron chi connectivity index (χ4n) is 1.21. The van der Waals surface area contributed by atoms with Gasteiger partial charge in [-0.3, -0.25) is 4.79 Å². The lowest BCUT2D eigenvalue weighted by molar-refractivity contribution is -0.120. The molecule has 0 aromatic carbocycles. The first-order valence-corrected chi connectivity index (χ1v) is 6.00. The quantitative estimate of drug-likeness (QED) is 0.727. The highest BCUT2D eigenvalue weighted by molar-refractivity contribution is 7.11. The van der Waals surface area contributed by atoms with E-state index in [4.69, 9.17) is 5.26 Å². The first-order chi connectivity index (χ1) is 7.76. The minimum Gasteiger partial charge on any atom is -0.342 e. The van der Waals surface area contributed by atoms with E-state index in [9.17, 15) is 4.79 Å². The van der Waals surface area contributed by atoms with Gasteiger partial charge in [-0.2, -0.15) is 5.26 Å². The van der Waals surface area contributed by atoms with E-state index in [1.807, 2.05) is 6.07 Å². The molecule has 4 nitrogen and oxygen atoms in total. The van der Waals surface area contributed by atoms with Crippen LogP contribution in [0.3, 0.4) is 0 Å². The normalized spacial score (nSPS) is 9.75. The van der Waals surface area contributed by atoms with Crippen molar-refractivity contribution in [1.29, 1.82) is 5.26 Å². The van der Waals surface area contributed by atoms with Gasteiger partial charge in [-0.15, -0.1) is 11.3 Å². The number of hydrogen-bond donors (Lipinski definition) is 2. The van der Waals surface area contributed by atoms with E-state index in [-0.39, 0.29) is 19.0 Å². The van der Waals surface area contributed by atoms with E-state index < -0.39 is 0 Å². The summed E-state index contributed by atoms with van der Waals surface area (Å²) in [6.07, 6.45) is 1.05. The first kappa shape index (κ1) is 12.7. The predicted molar refractivity (Wildman–Crippen MR) is 64.0 cm³/mol. The average Bonchev–Trinajstić information content (AvgIpc) is 2.74. The van der Waals surface area contributed by atoms with Crippen molar-refractivity contribution < 1.29 is 4.79 Å². The van der Waals surface area contributed by atoms with Crippen LogP contribution in [0.4, 0.5) is 0 Å². The van der Waals surface area contributed by atoms with Gasteiger partial charge in [0.1, 0.15) is 6.54 Å². The summed E-state index contributed by atoms with van der Waals surface area (Å²) in [6, 6.07) is 6.04. The number of aryl methyl sites for hydroxylation is 1. The maximum atomic E-state index is 11.1. The van der Waals surface area contributed by atoms with Gasteiger partial charge in [0.15, 0.2) is 0 Å². The maximum absolute atomic E-state index is 11.1. The largest absolute Gasteiger partial charge is 0.342 e. The van der Waals surface area contributed by atoms with Crippen LogP contribution in [0, 0.1) is 11.3 Å². The van der Waals surface area contributed by atoms with Crippen LogP contribution >= 0.6 is 11.3 Å². The highest BCUT2D eigenvalue weighted by atomic mass is 32.1. The van der Waals surface area contributed by atoms with Gasteiger partial charge in [0.2, 0.25) is 5.91 Å². The molecule has 0 atom stereocenters. The van der Waals surface area contributed by atoms with Crippen LogP contribution in [-0.2, 0) is 17.8 Å². The van der Waals surface area contributed by atoms with E-state index in [1.165, 1.54) is 9.75 Å². The summed E-state index contributed by atoms with van der Waals surface area (Å²) < 4.78 is 0. The van der Waals surface area contributed by atoms with Crippen LogP contribution in [-0.4, -0.2) is 19.0 Å². The molecule has 1 amide bonds. The summed E-state index contributed by atoms with van der Waals surface area (Å²) in [5.74, 6) is -0.145. The molecule has 1 aromatic rings. The molecule has 0 aliphatic heterocycles. The minimum atomic E-state index is -0.145. The zero-order chi connectivity index (χ0) is 11.8. The second-order valence-corrected chi connectivity index (χ2v) is 4.51. The van der Waals surface area contributed by atoms with Gasteiger partial charge in [0.25, 0.3) is 0 Å². The van der Waals surface area contributed by atoms with Gasteiger partial charge >= 0.3 is 0 Å². The van der Waals surface area contributed by atoms with Crippen LogP contribution in [0.15, 0.2) is 12.1 Å². The third-order valence-electron chi connectivity index (χ3n) is 2.02. The number of amides is 1. The van der Waals surface area contributed by atoms with Crippen LogP contribution in [0.1, 0.15) is 16.7 Å². The second-order valence-electron chi connectivity index (χ2n) is 3.26. The van der Waals surface area contributed by atoms with Crippen molar-refractivity contribution in [3.05, 3.63) is 21.9 Å². The molecule has 0 aliphatic rings. The highest BCUT2D eigenvalue weighted by Gasteiger charge is 2.01. The molecule has 0 fully saturated rings. The molecule has 0 spiro atoms. The van der Waals surface area contributed by atoms with E-state index in [0.29, 0.717) is 6.54 Å². The van der Waals surface area contributed by atoms with Crippen LogP contribution in [0.2, 0.25) is 0 Å². The van der Waals surface area contributed by atoms with Crippen LogP contribution in [0.25, 0.3) is 0 Å². The Morgan fingerprint density at radius 1 is 1.50 bits per heavy atom. The summed E-state index contributed by atoms with van der Waals surface area (Å²) in [5, 5.41) is 13.8. The first-order valence-electron chi connectivity index (χ1n) is 5.18. The molecule has 16 heavy (non-hydrogen) atoms. The number of carbonyl (C=O) groups is 1. The third kappa shape index (κ3) is 4.43. The zero-order valence-corrected chi connectivity index (χ0v) is 10.1. The van der Waals surface area contributed by atoms with Gasteiger partial charge in [-0.25, -0.2) is 0 Å². The van der Waals surface area contributed by atoms with E-state index in [2.05, 4.69) is 29.7 Å². The van der Waals surface area contributed by atoms with Crippen molar-refractivity contribution in [3.8, 4) is 6.07 Å². The molecular formula is C11H15N3OS. The Hall–Kier alpha value is -1.38. The Balaban J connectivity index is 2.20. The predicted octanol–water partition coefficient (Wildman–Crippen LogP) is 1.04. The summed E-state index contributed by atoms with van der Waals surface area (Å²) in [5.41, 5.74) is 0. The van der Waals surface area contributed by atoms with Gasteiger partial charge in [-0.05, 0) is 18.6 Å².